The Morgan fingerprint density at radius 1 is 1.12 bits per heavy atom. The number of aliphatic carboxylic acids is 2. The van der Waals surface area contributed by atoms with Crippen LogP contribution in [0.4, 0.5) is 0 Å². The average Bonchev–Trinajstić information content (AvgIpc) is 2.22. The second kappa shape index (κ2) is 9.16. The van der Waals surface area contributed by atoms with E-state index in [1.807, 2.05) is 22.6 Å². The van der Waals surface area contributed by atoms with Gasteiger partial charge in [-0.3, -0.25) is 19.3 Å². The zero-order chi connectivity index (χ0) is 13.3. The van der Waals surface area contributed by atoms with Crippen LogP contribution in [0, 0.1) is 0 Å². The van der Waals surface area contributed by atoms with Gasteiger partial charge in [-0.05, 0) is 6.42 Å². The lowest BCUT2D eigenvalue weighted by atomic mass is 10.3. The lowest BCUT2D eigenvalue weighted by molar-refractivity contribution is -0.141. The van der Waals surface area contributed by atoms with E-state index in [0.717, 1.165) is 0 Å². The average molecular weight is 358 g/mol. The predicted molar refractivity (Wildman–Crippen MR) is 68.2 cm³/mol. The van der Waals surface area contributed by atoms with Crippen molar-refractivity contribution in [3.8, 4) is 0 Å². The molecule has 7 nitrogen and oxygen atoms in total. The number of hydrogen-bond acceptors (Lipinski definition) is 4. The molecule has 1 amide bonds. The summed E-state index contributed by atoms with van der Waals surface area (Å²) in [4.78, 5) is 33.1. The second-order valence-corrected chi connectivity index (χ2v) is 4.10. The quantitative estimate of drug-likeness (QED) is 0.289. The van der Waals surface area contributed by atoms with Crippen LogP contribution >= 0.6 is 22.6 Å². The Bertz CT molecular complexity index is 269. The summed E-state index contributed by atoms with van der Waals surface area (Å²) >= 11 is 1.93. The van der Waals surface area contributed by atoms with Gasteiger partial charge in [0.25, 0.3) is 0 Å². The van der Waals surface area contributed by atoms with Crippen molar-refractivity contribution < 1.29 is 24.6 Å². The van der Waals surface area contributed by atoms with Crippen molar-refractivity contribution in [3.05, 3.63) is 0 Å². The number of carbonyl (C=O) groups excluding carboxylic acids is 1. The number of alkyl halides is 1. The summed E-state index contributed by atoms with van der Waals surface area (Å²) in [5.74, 6) is -2.22. The predicted octanol–water partition coefficient (Wildman–Crippen LogP) is -0.601. The van der Waals surface area contributed by atoms with Crippen LogP contribution in [0.25, 0.3) is 0 Å². The van der Waals surface area contributed by atoms with Gasteiger partial charge in [-0.1, -0.05) is 22.6 Å². The van der Waals surface area contributed by atoms with E-state index in [-0.39, 0.29) is 19.0 Å². The normalized spacial score (nSPS) is 10.2. The minimum atomic E-state index is -1.07. The maximum Gasteiger partial charge on any atom is 0.317 e. The molecular formula is C9H15IN2O5. The molecule has 0 saturated heterocycles. The Balaban J connectivity index is 3.86. The summed E-state index contributed by atoms with van der Waals surface area (Å²) in [5, 5.41) is 19.8. The van der Waals surface area contributed by atoms with E-state index >= 15 is 0 Å². The number of hydrogen-bond donors (Lipinski definition) is 3. The van der Waals surface area contributed by atoms with Crippen LogP contribution in [0.3, 0.4) is 0 Å². The van der Waals surface area contributed by atoms with Crippen molar-refractivity contribution in [2.75, 3.05) is 30.6 Å². The lowest BCUT2D eigenvalue weighted by Gasteiger charge is -2.17. The van der Waals surface area contributed by atoms with Crippen molar-refractivity contribution in [1.82, 2.24) is 10.2 Å². The third-order valence-electron chi connectivity index (χ3n) is 1.81. The van der Waals surface area contributed by atoms with Crippen molar-refractivity contribution >= 4 is 40.4 Å². The number of amides is 1. The molecule has 0 aromatic heterocycles. The summed E-state index contributed by atoms with van der Waals surface area (Å²) in [6.07, 6.45) is 0.517. The van der Waals surface area contributed by atoms with Gasteiger partial charge in [0.15, 0.2) is 0 Å². The summed E-state index contributed by atoms with van der Waals surface area (Å²) in [7, 11) is 0. The Kier molecular flexibility index (Phi) is 8.68. The molecule has 8 heteroatoms. The highest BCUT2D eigenvalue weighted by Crippen LogP contribution is 1.92. The van der Waals surface area contributed by atoms with Crippen LogP contribution in [0.15, 0.2) is 0 Å². The maximum atomic E-state index is 10.9. The number of halogens is 1. The van der Waals surface area contributed by atoms with E-state index in [2.05, 4.69) is 5.32 Å². The molecule has 0 heterocycles. The van der Waals surface area contributed by atoms with Crippen LogP contribution in [0.5, 0.6) is 0 Å². The van der Waals surface area contributed by atoms with E-state index in [1.54, 1.807) is 0 Å². The van der Waals surface area contributed by atoms with E-state index in [1.165, 1.54) is 4.90 Å². The molecule has 0 aliphatic carbocycles. The van der Waals surface area contributed by atoms with Gasteiger partial charge < -0.3 is 15.5 Å². The third kappa shape index (κ3) is 10.00. The van der Waals surface area contributed by atoms with Gasteiger partial charge in [-0.15, -0.1) is 0 Å². The molecule has 0 fully saturated rings. The van der Waals surface area contributed by atoms with Gasteiger partial charge in [0.2, 0.25) is 5.91 Å². The Morgan fingerprint density at radius 3 is 2.06 bits per heavy atom. The molecule has 0 aromatic carbocycles. The molecule has 17 heavy (non-hydrogen) atoms. The minimum Gasteiger partial charge on any atom is -0.480 e. The van der Waals surface area contributed by atoms with Crippen LogP contribution < -0.4 is 5.32 Å². The largest absolute Gasteiger partial charge is 0.480 e. The number of carbonyl (C=O) groups is 3. The monoisotopic (exact) mass is 358 g/mol. The van der Waals surface area contributed by atoms with Gasteiger partial charge in [0.05, 0.1) is 17.5 Å². The van der Waals surface area contributed by atoms with E-state index in [0.29, 0.717) is 23.9 Å². The Morgan fingerprint density at radius 2 is 1.65 bits per heavy atom. The molecule has 0 rings (SSSR count). The Hall–Kier alpha value is -0.900. The SMILES string of the molecule is O=C(O)CN(CCCNC(=O)CI)CC(=O)O. The van der Waals surface area contributed by atoms with Gasteiger partial charge in [-0.2, -0.15) is 0 Å². The molecule has 0 aromatic rings. The smallest absolute Gasteiger partial charge is 0.317 e. The first kappa shape index (κ1) is 16.1. The van der Waals surface area contributed by atoms with Crippen LogP contribution in [-0.2, 0) is 14.4 Å². The first-order valence-corrected chi connectivity index (χ1v) is 6.47. The van der Waals surface area contributed by atoms with Gasteiger partial charge >= 0.3 is 11.9 Å². The number of carboxylic acids is 2. The van der Waals surface area contributed by atoms with Gasteiger partial charge in [0.1, 0.15) is 0 Å². The highest BCUT2D eigenvalue weighted by molar-refractivity contribution is 14.1. The number of rotatable bonds is 9. The van der Waals surface area contributed by atoms with Gasteiger partial charge in [0, 0.05) is 13.1 Å². The fourth-order valence-electron chi connectivity index (χ4n) is 1.17. The minimum absolute atomic E-state index is 0.0892. The van der Waals surface area contributed by atoms with Crippen molar-refractivity contribution in [2.45, 2.75) is 6.42 Å². The molecular weight excluding hydrogens is 343 g/mol. The molecule has 0 radical (unpaired) electrons. The van der Waals surface area contributed by atoms with Crippen molar-refractivity contribution in [3.63, 3.8) is 0 Å². The van der Waals surface area contributed by atoms with E-state index in [4.69, 9.17) is 10.2 Å². The third-order valence-corrected chi connectivity index (χ3v) is 2.51. The molecule has 0 atom stereocenters. The van der Waals surface area contributed by atoms with Gasteiger partial charge in [-0.25, -0.2) is 0 Å². The van der Waals surface area contributed by atoms with E-state index < -0.39 is 11.9 Å². The fraction of sp³-hybridized carbons (Fsp3) is 0.667. The molecule has 0 aliphatic rings. The summed E-state index contributed by atoms with van der Waals surface area (Å²) in [6.45, 7) is 0.108. The molecule has 0 saturated carbocycles. The number of nitrogens with zero attached hydrogens (tertiary/aromatic N) is 1. The number of nitrogens with one attached hydrogen (secondary N) is 1. The summed E-state index contributed by atoms with van der Waals surface area (Å²) < 4.78 is 0.367. The molecule has 0 unspecified atom stereocenters. The van der Waals surface area contributed by atoms with Crippen LogP contribution in [0.2, 0.25) is 0 Å². The molecule has 0 aliphatic heterocycles. The highest BCUT2D eigenvalue weighted by Gasteiger charge is 2.12. The standard InChI is InChI=1S/C9H15IN2O5/c10-4-7(13)11-2-1-3-12(5-8(14)15)6-9(16)17/h1-6H2,(H,11,13)(H,14,15)(H,16,17). The fourth-order valence-corrected chi connectivity index (χ4v) is 1.44. The van der Waals surface area contributed by atoms with E-state index in [9.17, 15) is 14.4 Å². The molecule has 98 valence electrons. The lowest BCUT2D eigenvalue weighted by Crippen LogP contribution is -2.37. The van der Waals surface area contributed by atoms with Crippen LogP contribution in [0.1, 0.15) is 6.42 Å². The maximum absolute atomic E-state index is 10.9. The first-order valence-electron chi connectivity index (χ1n) is 4.94. The molecule has 0 spiro atoms. The Labute approximate surface area is 112 Å². The first-order chi connectivity index (χ1) is 7.95. The second-order valence-electron chi connectivity index (χ2n) is 3.34. The molecule has 0 bridgehead atoms. The summed E-state index contributed by atoms with van der Waals surface area (Å²) in [6, 6.07) is 0. The van der Waals surface area contributed by atoms with Crippen molar-refractivity contribution in [1.29, 1.82) is 0 Å². The van der Waals surface area contributed by atoms with Crippen LogP contribution in [-0.4, -0.2) is 63.6 Å². The molecule has 3 N–H and O–H groups in total. The summed E-state index contributed by atoms with van der Waals surface area (Å²) in [5.41, 5.74) is 0. The van der Waals surface area contributed by atoms with Crippen molar-refractivity contribution in [2.24, 2.45) is 0 Å². The number of carboxylic acid groups (broad SMARTS) is 2. The zero-order valence-electron chi connectivity index (χ0n) is 9.19. The highest BCUT2D eigenvalue weighted by atomic mass is 127. The zero-order valence-corrected chi connectivity index (χ0v) is 11.3. The topological polar surface area (TPSA) is 107 Å².